The van der Waals surface area contributed by atoms with Crippen LogP contribution in [-0.4, -0.2) is 50.7 Å². The lowest BCUT2D eigenvalue weighted by Gasteiger charge is -2.25. The number of fused-ring (bicyclic) bond motifs is 2. The van der Waals surface area contributed by atoms with Crippen molar-refractivity contribution in [2.24, 2.45) is 5.73 Å². The molecule has 1 aliphatic heterocycles. The van der Waals surface area contributed by atoms with E-state index in [4.69, 9.17) is 10.5 Å². The number of nitrogens with zero attached hydrogens (tertiary/aromatic N) is 4. The molecule has 0 bridgehead atoms. The predicted molar refractivity (Wildman–Crippen MR) is 141 cm³/mol. The summed E-state index contributed by atoms with van der Waals surface area (Å²) < 4.78 is 62.5. The van der Waals surface area contributed by atoms with E-state index in [1.54, 1.807) is 43.5 Å². The number of pyridine rings is 1. The Labute approximate surface area is 226 Å². The summed E-state index contributed by atoms with van der Waals surface area (Å²) in [6, 6.07) is 6.83. The first kappa shape index (κ1) is 27.3. The molecule has 0 unspecified atom stereocenters. The highest BCUT2D eigenvalue weighted by Crippen LogP contribution is 2.42. The maximum atomic E-state index is 14.1. The molecule has 13 heteroatoms. The van der Waals surface area contributed by atoms with E-state index in [-0.39, 0.29) is 47.8 Å². The van der Waals surface area contributed by atoms with Crippen LogP contribution in [0.2, 0.25) is 0 Å². The van der Waals surface area contributed by atoms with Crippen molar-refractivity contribution in [1.29, 1.82) is 0 Å². The number of anilines is 2. The first-order valence-electron chi connectivity index (χ1n) is 12.4. The summed E-state index contributed by atoms with van der Waals surface area (Å²) >= 11 is 0. The fourth-order valence-corrected chi connectivity index (χ4v) is 4.50. The number of aromatic nitrogens is 4. The molecule has 0 radical (unpaired) electrons. The van der Waals surface area contributed by atoms with Gasteiger partial charge in [0, 0.05) is 12.7 Å². The second kappa shape index (κ2) is 10.0. The van der Waals surface area contributed by atoms with E-state index < -0.39 is 35.9 Å². The van der Waals surface area contributed by atoms with Gasteiger partial charge in [0.2, 0.25) is 5.91 Å². The normalized spacial score (nSPS) is 14.3. The molecule has 4 aromatic rings. The highest BCUT2D eigenvalue weighted by Gasteiger charge is 2.43. The van der Waals surface area contributed by atoms with E-state index in [0.29, 0.717) is 22.6 Å². The smallest absolute Gasteiger partial charge is 0.235 e. The molecule has 1 amide bonds. The van der Waals surface area contributed by atoms with Crippen LogP contribution in [0.3, 0.4) is 0 Å². The summed E-state index contributed by atoms with van der Waals surface area (Å²) in [7, 11) is 0. The van der Waals surface area contributed by atoms with Gasteiger partial charge in [-0.1, -0.05) is 6.07 Å². The van der Waals surface area contributed by atoms with E-state index in [0.717, 1.165) is 12.1 Å². The van der Waals surface area contributed by atoms with Gasteiger partial charge in [0.25, 0.3) is 0 Å². The van der Waals surface area contributed by atoms with Gasteiger partial charge in [-0.3, -0.25) is 9.20 Å². The molecule has 3 aromatic heterocycles. The molecule has 40 heavy (non-hydrogen) atoms. The van der Waals surface area contributed by atoms with Gasteiger partial charge in [-0.2, -0.15) is 0 Å². The fourth-order valence-electron chi connectivity index (χ4n) is 4.50. The third-order valence-electron chi connectivity index (χ3n) is 6.91. The molecule has 0 atom stereocenters. The van der Waals surface area contributed by atoms with Crippen LogP contribution in [0.4, 0.5) is 29.2 Å². The summed E-state index contributed by atoms with van der Waals surface area (Å²) in [5.74, 6) is -0.939. The number of halogens is 4. The lowest BCUT2D eigenvalue weighted by molar-refractivity contribution is -0.119. The van der Waals surface area contributed by atoms with Gasteiger partial charge in [0.05, 0.1) is 27.8 Å². The van der Waals surface area contributed by atoms with Crippen LogP contribution in [0, 0.1) is 18.6 Å². The number of ether oxygens (including phenoxy) is 1. The number of imidazole rings is 1. The molecule has 210 valence electrons. The number of amides is 1. The van der Waals surface area contributed by atoms with E-state index in [1.165, 1.54) is 6.07 Å². The van der Waals surface area contributed by atoms with Crippen molar-refractivity contribution >= 4 is 23.2 Å². The lowest BCUT2D eigenvalue weighted by atomic mass is 9.87. The Morgan fingerprint density at radius 1 is 1.10 bits per heavy atom. The van der Waals surface area contributed by atoms with Crippen LogP contribution in [0.5, 0.6) is 5.75 Å². The van der Waals surface area contributed by atoms with Gasteiger partial charge in [-0.05, 0) is 45.0 Å². The summed E-state index contributed by atoms with van der Waals surface area (Å²) in [5, 5.41) is 5.67. The molecule has 0 saturated carbocycles. The van der Waals surface area contributed by atoms with Gasteiger partial charge < -0.3 is 21.1 Å². The van der Waals surface area contributed by atoms with Crippen LogP contribution in [0.15, 0.2) is 36.5 Å². The van der Waals surface area contributed by atoms with Crippen molar-refractivity contribution in [3.63, 3.8) is 0 Å². The predicted octanol–water partition coefficient (Wildman–Crippen LogP) is 4.24. The minimum absolute atomic E-state index is 0.157. The number of alkyl halides is 2. The van der Waals surface area contributed by atoms with Crippen molar-refractivity contribution in [2.45, 2.75) is 38.3 Å². The maximum absolute atomic E-state index is 14.1. The molecular weight excluding hydrogens is 530 g/mol. The van der Waals surface area contributed by atoms with Crippen molar-refractivity contribution in [1.82, 2.24) is 19.4 Å². The number of rotatable bonds is 9. The SMILES string of the molecule is Cc1nc2c(OCc3c(F)cccc3F)cccn2c1-c1nc(NCC(N)(CF)CF)c2c(n1)NC(=O)C2(C)C. The number of nitrogens with one attached hydrogen (secondary N) is 2. The zero-order chi connectivity index (χ0) is 28.8. The molecular formula is C27H27F4N7O2. The number of aryl methyl sites for hydroxylation is 1. The first-order chi connectivity index (χ1) is 19.0. The molecule has 0 fully saturated rings. The average molecular weight is 558 g/mol. The summed E-state index contributed by atoms with van der Waals surface area (Å²) in [6.45, 7) is 2.21. The van der Waals surface area contributed by atoms with Crippen LogP contribution in [0.25, 0.3) is 17.2 Å². The highest BCUT2D eigenvalue weighted by molar-refractivity contribution is 6.06. The average Bonchev–Trinajstić information content (AvgIpc) is 3.38. The van der Waals surface area contributed by atoms with Crippen LogP contribution in [0.1, 0.15) is 30.7 Å². The van der Waals surface area contributed by atoms with Crippen molar-refractivity contribution in [3.8, 4) is 17.3 Å². The monoisotopic (exact) mass is 557 g/mol. The molecule has 0 saturated heterocycles. The number of benzene rings is 1. The maximum Gasteiger partial charge on any atom is 0.235 e. The number of carbonyl (C=O) groups is 1. The quantitative estimate of drug-likeness (QED) is 0.264. The largest absolute Gasteiger partial charge is 0.485 e. The number of carbonyl (C=O) groups excluding carboxylic acids is 1. The van der Waals surface area contributed by atoms with Gasteiger partial charge in [-0.25, -0.2) is 32.5 Å². The lowest BCUT2D eigenvalue weighted by Crippen LogP contribution is -2.50. The van der Waals surface area contributed by atoms with Gasteiger partial charge in [0.15, 0.2) is 17.2 Å². The zero-order valence-corrected chi connectivity index (χ0v) is 22.0. The Morgan fingerprint density at radius 2 is 1.80 bits per heavy atom. The third kappa shape index (κ3) is 4.59. The Kier molecular flexibility index (Phi) is 6.86. The van der Waals surface area contributed by atoms with Crippen molar-refractivity contribution in [2.75, 3.05) is 30.5 Å². The van der Waals surface area contributed by atoms with Gasteiger partial charge in [-0.15, -0.1) is 0 Å². The summed E-state index contributed by atoms with van der Waals surface area (Å²) in [5.41, 5.74) is 4.48. The second-order valence-electron chi connectivity index (χ2n) is 10.3. The second-order valence-corrected chi connectivity index (χ2v) is 10.3. The first-order valence-corrected chi connectivity index (χ1v) is 12.4. The Morgan fingerprint density at radius 3 is 2.48 bits per heavy atom. The van der Waals surface area contributed by atoms with Crippen LogP contribution >= 0.6 is 0 Å². The Balaban J connectivity index is 1.58. The van der Waals surface area contributed by atoms with E-state index in [2.05, 4.69) is 25.6 Å². The van der Waals surface area contributed by atoms with Crippen LogP contribution < -0.4 is 21.1 Å². The van der Waals surface area contributed by atoms with Crippen LogP contribution in [-0.2, 0) is 16.8 Å². The summed E-state index contributed by atoms with van der Waals surface area (Å²) in [6.07, 6.45) is 1.69. The van der Waals surface area contributed by atoms with Crippen molar-refractivity contribution in [3.05, 3.63) is 65.0 Å². The molecule has 4 N–H and O–H groups in total. The number of hydrogen-bond donors (Lipinski definition) is 3. The summed E-state index contributed by atoms with van der Waals surface area (Å²) in [4.78, 5) is 26.5. The standard InChI is InChI=1S/C27H27F4N7O2/c1-14-20(38-9-5-8-18(24(38)34-14)40-10-15-16(30)6-4-7-17(15)31)23-35-21(33-13-27(32,11-28)12-29)19-22(36-23)37-25(39)26(19,2)3/h4-9H,10-13,32H2,1-3H3,(H2,33,35,36,37,39). The van der Waals surface area contributed by atoms with E-state index in [1.807, 2.05) is 0 Å². The molecule has 4 heterocycles. The molecule has 1 aromatic carbocycles. The topological polar surface area (TPSA) is 119 Å². The minimum atomic E-state index is -1.78. The minimum Gasteiger partial charge on any atom is -0.485 e. The molecule has 5 rings (SSSR count). The molecule has 9 nitrogen and oxygen atoms in total. The highest BCUT2D eigenvalue weighted by atomic mass is 19.1. The zero-order valence-electron chi connectivity index (χ0n) is 22.0. The third-order valence-corrected chi connectivity index (χ3v) is 6.91. The van der Waals surface area contributed by atoms with E-state index in [9.17, 15) is 22.4 Å². The Bertz CT molecular complexity index is 1600. The van der Waals surface area contributed by atoms with Crippen molar-refractivity contribution < 1.29 is 27.1 Å². The van der Waals surface area contributed by atoms with Gasteiger partial charge in [0.1, 0.15) is 48.9 Å². The molecule has 0 spiro atoms. The number of hydrogen-bond acceptors (Lipinski definition) is 7. The van der Waals surface area contributed by atoms with Gasteiger partial charge >= 0.3 is 0 Å². The molecule has 0 aliphatic carbocycles. The molecule has 1 aliphatic rings. The number of nitrogens with two attached hydrogens (primary N) is 1. The van der Waals surface area contributed by atoms with E-state index >= 15 is 0 Å². The Hall–Kier alpha value is -4.26. The fraction of sp³-hybridized carbons (Fsp3) is 0.333.